The normalized spacial score (nSPS) is 25.4. The molecule has 76 valence electrons. The van der Waals surface area contributed by atoms with E-state index in [4.69, 9.17) is 10.5 Å². The lowest BCUT2D eigenvalue weighted by atomic mass is 9.97. The predicted octanol–water partition coefficient (Wildman–Crippen LogP) is 1.51. The molecular weight excluding hydrogens is 246 g/mol. The van der Waals surface area contributed by atoms with Crippen molar-refractivity contribution in [3.63, 3.8) is 0 Å². The van der Waals surface area contributed by atoms with Crippen LogP contribution in [0.2, 0.25) is 0 Å². The van der Waals surface area contributed by atoms with Crippen LogP contribution >= 0.6 is 15.9 Å². The minimum absolute atomic E-state index is 0.260. The molecule has 3 nitrogen and oxygen atoms in total. The van der Waals surface area contributed by atoms with Crippen molar-refractivity contribution in [2.24, 2.45) is 5.73 Å². The second-order valence-electron chi connectivity index (χ2n) is 3.57. The fourth-order valence-electron chi connectivity index (χ4n) is 1.64. The highest BCUT2D eigenvalue weighted by molar-refractivity contribution is 9.10. The molecule has 1 heterocycles. The Balaban J connectivity index is 2.54. The van der Waals surface area contributed by atoms with Crippen molar-refractivity contribution in [3.05, 3.63) is 27.7 Å². The van der Waals surface area contributed by atoms with Crippen LogP contribution in [-0.4, -0.2) is 17.8 Å². The fraction of sp³-hybridized carbons (Fsp3) is 0.400. The van der Waals surface area contributed by atoms with Gasteiger partial charge in [0.05, 0.1) is 10.5 Å². The number of aryl methyl sites for hydroxylation is 1. The second-order valence-corrected chi connectivity index (χ2v) is 4.42. The number of hydrogen-bond acceptors (Lipinski definition) is 3. The first kappa shape index (κ1) is 9.96. The number of benzene rings is 1. The first-order valence-corrected chi connectivity index (χ1v) is 5.25. The van der Waals surface area contributed by atoms with E-state index in [0.29, 0.717) is 0 Å². The van der Waals surface area contributed by atoms with Crippen molar-refractivity contribution in [3.8, 4) is 5.75 Å². The van der Waals surface area contributed by atoms with Crippen molar-refractivity contribution < 1.29 is 9.84 Å². The highest BCUT2D eigenvalue weighted by atomic mass is 79.9. The van der Waals surface area contributed by atoms with Crippen LogP contribution < -0.4 is 10.5 Å². The zero-order chi connectivity index (χ0) is 10.3. The maximum absolute atomic E-state index is 9.54. The average Bonchev–Trinajstić information content (AvgIpc) is 2.12. The first-order valence-electron chi connectivity index (χ1n) is 4.46. The van der Waals surface area contributed by atoms with E-state index in [1.165, 1.54) is 0 Å². The molecular formula is C10H12BrNO2. The lowest BCUT2D eigenvalue weighted by Crippen LogP contribution is -2.35. The van der Waals surface area contributed by atoms with E-state index < -0.39 is 6.10 Å². The highest BCUT2D eigenvalue weighted by Crippen LogP contribution is 2.37. The van der Waals surface area contributed by atoms with Gasteiger partial charge in [-0.2, -0.15) is 0 Å². The quantitative estimate of drug-likeness (QED) is 0.741. The van der Waals surface area contributed by atoms with Crippen molar-refractivity contribution in [1.82, 2.24) is 0 Å². The average molecular weight is 258 g/mol. The minimum atomic E-state index is -0.615. The SMILES string of the molecule is Cc1cc(Br)c2c(c1)[C@H](N)[C@H](O)CO2. The number of nitrogens with two attached hydrogens (primary N) is 1. The van der Waals surface area contributed by atoms with Crippen molar-refractivity contribution in [1.29, 1.82) is 0 Å². The molecule has 0 amide bonds. The highest BCUT2D eigenvalue weighted by Gasteiger charge is 2.27. The van der Waals surface area contributed by atoms with E-state index in [2.05, 4.69) is 15.9 Å². The second kappa shape index (κ2) is 3.53. The van der Waals surface area contributed by atoms with Crippen LogP contribution in [-0.2, 0) is 0 Å². The minimum Gasteiger partial charge on any atom is -0.489 e. The summed E-state index contributed by atoms with van der Waals surface area (Å²) >= 11 is 3.42. The molecule has 0 saturated carbocycles. The summed E-state index contributed by atoms with van der Waals surface area (Å²) in [5, 5.41) is 9.54. The fourth-order valence-corrected chi connectivity index (χ4v) is 2.34. The Morgan fingerprint density at radius 1 is 1.57 bits per heavy atom. The van der Waals surface area contributed by atoms with Crippen LogP contribution in [0, 0.1) is 6.92 Å². The Hall–Kier alpha value is -0.580. The van der Waals surface area contributed by atoms with Gasteiger partial charge < -0.3 is 15.6 Å². The number of aliphatic hydroxyl groups excluding tert-OH is 1. The Kier molecular flexibility index (Phi) is 2.51. The molecule has 1 aromatic carbocycles. The van der Waals surface area contributed by atoms with E-state index in [-0.39, 0.29) is 12.6 Å². The Morgan fingerprint density at radius 2 is 2.29 bits per heavy atom. The maximum atomic E-state index is 9.54. The lowest BCUT2D eigenvalue weighted by Gasteiger charge is -2.28. The monoisotopic (exact) mass is 257 g/mol. The number of halogens is 1. The Morgan fingerprint density at radius 3 is 3.00 bits per heavy atom. The molecule has 2 rings (SSSR count). The standard InChI is InChI=1S/C10H12BrNO2/c1-5-2-6-9(12)8(13)4-14-10(6)7(11)3-5/h2-3,8-9,13H,4,12H2,1H3/t8-,9+/m1/s1. The lowest BCUT2D eigenvalue weighted by molar-refractivity contribution is 0.0673. The van der Waals surface area contributed by atoms with Gasteiger partial charge in [-0.05, 0) is 34.5 Å². The number of ether oxygens (including phenoxy) is 1. The summed E-state index contributed by atoms with van der Waals surface area (Å²) in [7, 11) is 0. The van der Waals surface area contributed by atoms with E-state index in [9.17, 15) is 5.11 Å². The molecule has 0 bridgehead atoms. The maximum Gasteiger partial charge on any atom is 0.138 e. The Labute approximate surface area is 91.0 Å². The summed E-state index contributed by atoms with van der Waals surface area (Å²) < 4.78 is 6.31. The number of fused-ring (bicyclic) bond motifs is 1. The van der Waals surface area contributed by atoms with E-state index in [0.717, 1.165) is 21.3 Å². The van der Waals surface area contributed by atoms with Crippen molar-refractivity contribution >= 4 is 15.9 Å². The molecule has 2 atom stereocenters. The molecule has 0 spiro atoms. The van der Waals surface area contributed by atoms with Gasteiger partial charge in [0.2, 0.25) is 0 Å². The van der Waals surface area contributed by atoms with Gasteiger partial charge in [0, 0.05) is 5.56 Å². The molecule has 14 heavy (non-hydrogen) atoms. The van der Waals surface area contributed by atoms with Gasteiger partial charge in [-0.25, -0.2) is 0 Å². The third-order valence-electron chi connectivity index (χ3n) is 2.39. The van der Waals surface area contributed by atoms with Gasteiger partial charge >= 0.3 is 0 Å². The molecule has 4 heteroatoms. The topological polar surface area (TPSA) is 55.5 Å². The van der Waals surface area contributed by atoms with Crippen molar-refractivity contribution in [2.45, 2.75) is 19.1 Å². The molecule has 1 aromatic rings. The summed E-state index contributed by atoms with van der Waals surface area (Å²) in [5.74, 6) is 0.758. The zero-order valence-electron chi connectivity index (χ0n) is 7.83. The number of hydrogen-bond donors (Lipinski definition) is 2. The van der Waals surface area contributed by atoms with Gasteiger partial charge in [0.25, 0.3) is 0 Å². The van der Waals surface area contributed by atoms with E-state index >= 15 is 0 Å². The van der Waals surface area contributed by atoms with Crippen LogP contribution in [0.25, 0.3) is 0 Å². The van der Waals surface area contributed by atoms with Gasteiger partial charge in [0.1, 0.15) is 18.5 Å². The van der Waals surface area contributed by atoms with E-state index in [1.54, 1.807) is 0 Å². The molecule has 0 radical (unpaired) electrons. The van der Waals surface area contributed by atoms with Crippen molar-refractivity contribution in [2.75, 3.05) is 6.61 Å². The van der Waals surface area contributed by atoms with Gasteiger partial charge in [0.15, 0.2) is 0 Å². The van der Waals surface area contributed by atoms with Gasteiger partial charge in [-0.3, -0.25) is 0 Å². The molecule has 3 N–H and O–H groups in total. The molecule has 0 aromatic heterocycles. The number of rotatable bonds is 0. The molecule has 1 aliphatic rings. The van der Waals surface area contributed by atoms with Crippen LogP contribution in [0.15, 0.2) is 16.6 Å². The van der Waals surface area contributed by atoms with Crippen LogP contribution in [0.5, 0.6) is 5.75 Å². The summed E-state index contributed by atoms with van der Waals surface area (Å²) in [5.41, 5.74) is 7.85. The molecule has 0 saturated heterocycles. The zero-order valence-corrected chi connectivity index (χ0v) is 9.41. The third-order valence-corrected chi connectivity index (χ3v) is 2.98. The molecule has 0 aliphatic carbocycles. The van der Waals surface area contributed by atoms with Crippen LogP contribution in [0.3, 0.4) is 0 Å². The van der Waals surface area contributed by atoms with E-state index in [1.807, 2.05) is 19.1 Å². The summed E-state index contributed by atoms with van der Waals surface area (Å²) in [6.45, 7) is 2.24. The van der Waals surface area contributed by atoms with Crippen LogP contribution in [0.1, 0.15) is 17.2 Å². The summed E-state index contributed by atoms with van der Waals surface area (Å²) in [6, 6.07) is 3.58. The summed E-state index contributed by atoms with van der Waals surface area (Å²) in [4.78, 5) is 0. The summed E-state index contributed by atoms with van der Waals surface area (Å²) in [6.07, 6.45) is -0.615. The number of aliphatic hydroxyl groups is 1. The first-order chi connectivity index (χ1) is 6.59. The van der Waals surface area contributed by atoms with Gasteiger partial charge in [-0.15, -0.1) is 0 Å². The van der Waals surface area contributed by atoms with Crippen LogP contribution in [0.4, 0.5) is 0 Å². The largest absolute Gasteiger partial charge is 0.489 e. The third kappa shape index (κ3) is 1.54. The molecule has 1 aliphatic heterocycles. The molecule has 0 unspecified atom stereocenters. The smallest absolute Gasteiger partial charge is 0.138 e. The van der Waals surface area contributed by atoms with Gasteiger partial charge in [-0.1, -0.05) is 6.07 Å². The predicted molar refractivity (Wildman–Crippen MR) is 57.3 cm³/mol. The molecule has 0 fully saturated rings. The Bertz CT molecular complexity index is 367.